The molecule has 17 heavy (non-hydrogen) atoms. The first-order valence-electron chi connectivity index (χ1n) is 5.46. The molecule has 0 radical (unpaired) electrons. The topological polar surface area (TPSA) is 33.1 Å². The van der Waals surface area contributed by atoms with E-state index >= 15 is 0 Å². The zero-order valence-corrected chi connectivity index (χ0v) is 10.7. The van der Waals surface area contributed by atoms with Crippen LogP contribution >= 0.6 is 11.8 Å². The summed E-state index contributed by atoms with van der Waals surface area (Å²) < 4.78 is 0. The second kappa shape index (κ2) is 5.34. The number of nitrogens with zero attached hydrogens (tertiary/aromatic N) is 1. The molecule has 1 N–H and O–H groups in total. The molecule has 2 aromatic rings. The Morgan fingerprint density at radius 1 is 1.18 bits per heavy atom. The van der Waals surface area contributed by atoms with Crippen LogP contribution in [0.1, 0.15) is 22.8 Å². The maximum absolute atomic E-state index is 10.2. The molecule has 0 saturated heterocycles. The minimum atomic E-state index is -0.599. The second-order valence-corrected chi connectivity index (χ2v) is 4.70. The Morgan fingerprint density at radius 2 is 1.88 bits per heavy atom. The lowest BCUT2D eigenvalue weighted by Gasteiger charge is -2.12. The van der Waals surface area contributed by atoms with Crippen LogP contribution in [-0.2, 0) is 0 Å². The van der Waals surface area contributed by atoms with Crippen molar-refractivity contribution in [2.75, 3.05) is 6.26 Å². The summed E-state index contributed by atoms with van der Waals surface area (Å²) in [5.41, 5.74) is 2.84. The van der Waals surface area contributed by atoms with Crippen LogP contribution in [0.4, 0.5) is 0 Å². The smallest absolute Gasteiger partial charge is 0.106 e. The van der Waals surface area contributed by atoms with Gasteiger partial charge in [0.25, 0.3) is 0 Å². The van der Waals surface area contributed by atoms with Crippen molar-refractivity contribution >= 4 is 11.8 Å². The number of aromatic nitrogens is 1. The Kier molecular flexibility index (Phi) is 3.82. The SMILES string of the molecule is CSc1ncc([C@H](O)c2ccccc2)cc1C. The number of aryl methyl sites for hydroxylation is 1. The number of pyridine rings is 1. The molecule has 1 aromatic carbocycles. The van der Waals surface area contributed by atoms with Crippen LogP contribution in [0.25, 0.3) is 0 Å². The highest BCUT2D eigenvalue weighted by atomic mass is 32.2. The van der Waals surface area contributed by atoms with Gasteiger partial charge in [0.15, 0.2) is 0 Å². The number of rotatable bonds is 3. The highest BCUT2D eigenvalue weighted by Crippen LogP contribution is 2.24. The van der Waals surface area contributed by atoms with Crippen LogP contribution < -0.4 is 0 Å². The third-order valence-corrected chi connectivity index (χ3v) is 3.49. The number of aliphatic hydroxyl groups excluding tert-OH is 1. The molecule has 0 aliphatic heterocycles. The lowest BCUT2D eigenvalue weighted by molar-refractivity contribution is 0.219. The lowest BCUT2D eigenvalue weighted by Crippen LogP contribution is -2.01. The van der Waals surface area contributed by atoms with Crippen molar-refractivity contribution < 1.29 is 5.11 Å². The van der Waals surface area contributed by atoms with Gasteiger partial charge in [-0.25, -0.2) is 4.98 Å². The van der Waals surface area contributed by atoms with E-state index in [0.717, 1.165) is 21.7 Å². The van der Waals surface area contributed by atoms with E-state index in [1.807, 2.05) is 49.6 Å². The van der Waals surface area contributed by atoms with Gasteiger partial charge in [-0.3, -0.25) is 0 Å². The first-order valence-corrected chi connectivity index (χ1v) is 6.68. The number of hydrogen-bond donors (Lipinski definition) is 1. The van der Waals surface area contributed by atoms with Crippen molar-refractivity contribution in [2.24, 2.45) is 0 Å². The molecular weight excluding hydrogens is 230 g/mol. The average molecular weight is 245 g/mol. The Bertz CT molecular complexity index is 499. The summed E-state index contributed by atoms with van der Waals surface area (Å²) >= 11 is 1.62. The van der Waals surface area contributed by atoms with Gasteiger partial charge >= 0.3 is 0 Å². The molecule has 3 heteroatoms. The number of benzene rings is 1. The standard InChI is InChI=1S/C14H15NOS/c1-10-8-12(9-15-14(10)17-2)13(16)11-6-4-3-5-7-11/h3-9,13,16H,1-2H3/t13-/m1/s1. The van der Waals surface area contributed by atoms with E-state index in [0.29, 0.717) is 0 Å². The van der Waals surface area contributed by atoms with Crippen LogP contribution in [0, 0.1) is 6.92 Å². The summed E-state index contributed by atoms with van der Waals surface area (Å²) in [4.78, 5) is 4.35. The van der Waals surface area contributed by atoms with E-state index in [-0.39, 0.29) is 0 Å². The largest absolute Gasteiger partial charge is 0.384 e. The molecule has 2 rings (SSSR count). The Balaban J connectivity index is 2.32. The maximum atomic E-state index is 10.2. The second-order valence-electron chi connectivity index (χ2n) is 3.91. The fraction of sp³-hybridized carbons (Fsp3) is 0.214. The molecule has 0 aliphatic rings. The van der Waals surface area contributed by atoms with Crippen molar-refractivity contribution in [1.29, 1.82) is 0 Å². The van der Waals surface area contributed by atoms with Gasteiger partial charge in [0.1, 0.15) is 6.10 Å². The summed E-state index contributed by atoms with van der Waals surface area (Å²) in [6, 6.07) is 11.6. The summed E-state index contributed by atoms with van der Waals surface area (Å²) in [6.07, 6.45) is 3.15. The van der Waals surface area contributed by atoms with Gasteiger partial charge in [0.05, 0.1) is 5.03 Å². The maximum Gasteiger partial charge on any atom is 0.106 e. The molecular formula is C14H15NOS. The predicted octanol–water partition coefficient (Wildman–Crippen LogP) is 3.19. The zero-order valence-electron chi connectivity index (χ0n) is 9.92. The first kappa shape index (κ1) is 12.1. The number of aliphatic hydroxyl groups is 1. The molecule has 0 amide bonds. The summed E-state index contributed by atoms with van der Waals surface area (Å²) in [5, 5.41) is 11.2. The van der Waals surface area contributed by atoms with E-state index < -0.39 is 6.10 Å². The zero-order chi connectivity index (χ0) is 12.3. The Morgan fingerprint density at radius 3 is 2.47 bits per heavy atom. The van der Waals surface area contributed by atoms with Crippen LogP contribution in [0.15, 0.2) is 47.6 Å². The minimum absolute atomic E-state index is 0.599. The van der Waals surface area contributed by atoms with Crippen LogP contribution in [0.2, 0.25) is 0 Å². The van der Waals surface area contributed by atoms with Crippen molar-refractivity contribution in [3.05, 3.63) is 59.3 Å². The van der Waals surface area contributed by atoms with Gasteiger partial charge in [0.2, 0.25) is 0 Å². The Hall–Kier alpha value is -1.32. The summed E-state index contributed by atoms with van der Waals surface area (Å²) in [7, 11) is 0. The van der Waals surface area contributed by atoms with Crippen LogP contribution in [-0.4, -0.2) is 16.3 Å². The fourth-order valence-electron chi connectivity index (χ4n) is 1.77. The molecule has 0 unspecified atom stereocenters. The van der Waals surface area contributed by atoms with E-state index in [9.17, 15) is 5.11 Å². The van der Waals surface area contributed by atoms with E-state index in [1.54, 1.807) is 18.0 Å². The van der Waals surface area contributed by atoms with Gasteiger partial charge in [-0.15, -0.1) is 11.8 Å². The van der Waals surface area contributed by atoms with Crippen LogP contribution in [0.5, 0.6) is 0 Å². The Labute approximate surface area is 106 Å². The third-order valence-electron chi connectivity index (χ3n) is 2.68. The highest BCUT2D eigenvalue weighted by molar-refractivity contribution is 7.98. The first-order chi connectivity index (χ1) is 8.22. The van der Waals surface area contributed by atoms with E-state index in [1.165, 1.54) is 0 Å². The van der Waals surface area contributed by atoms with Crippen molar-refractivity contribution in [1.82, 2.24) is 4.98 Å². The van der Waals surface area contributed by atoms with E-state index in [4.69, 9.17) is 0 Å². The normalized spacial score (nSPS) is 12.4. The van der Waals surface area contributed by atoms with Gasteiger partial charge in [-0.2, -0.15) is 0 Å². The average Bonchev–Trinajstić information content (AvgIpc) is 2.39. The van der Waals surface area contributed by atoms with Crippen molar-refractivity contribution in [3.8, 4) is 0 Å². The van der Waals surface area contributed by atoms with Crippen LogP contribution in [0.3, 0.4) is 0 Å². The molecule has 0 fully saturated rings. The molecule has 1 aromatic heterocycles. The molecule has 88 valence electrons. The van der Waals surface area contributed by atoms with Crippen molar-refractivity contribution in [3.63, 3.8) is 0 Å². The molecule has 0 bridgehead atoms. The van der Waals surface area contributed by atoms with Gasteiger partial charge in [0, 0.05) is 11.8 Å². The highest BCUT2D eigenvalue weighted by Gasteiger charge is 2.11. The van der Waals surface area contributed by atoms with Gasteiger partial charge in [-0.1, -0.05) is 30.3 Å². The third kappa shape index (κ3) is 2.68. The molecule has 0 aliphatic carbocycles. The van der Waals surface area contributed by atoms with Gasteiger partial charge < -0.3 is 5.11 Å². The number of thioether (sulfide) groups is 1. The fourth-order valence-corrected chi connectivity index (χ4v) is 2.31. The van der Waals surface area contributed by atoms with Gasteiger partial charge in [-0.05, 0) is 30.4 Å². The molecule has 0 spiro atoms. The molecule has 2 nitrogen and oxygen atoms in total. The monoisotopic (exact) mass is 245 g/mol. The summed E-state index contributed by atoms with van der Waals surface area (Å²) in [5.74, 6) is 0. The van der Waals surface area contributed by atoms with Crippen molar-refractivity contribution in [2.45, 2.75) is 18.1 Å². The summed E-state index contributed by atoms with van der Waals surface area (Å²) in [6.45, 7) is 2.01. The van der Waals surface area contributed by atoms with E-state index in [2.05, 4.69) is 4.98 Å². The molecule has 0 saturated carbocycles. The molecule has 1 atom stereocenters. The minimum Gasteiger partial charge on any atom is -0.384 e. The lowest BCUT2D eigenvalue weighted by atomic mass is 10.0. The number of hydrogen-bond acceptors (Lipinski definition) is 3. The quantitative estimate of drug-likeness (QED) is 0.843. The predicted molar refractivity (Wildman–Crippen MR) is 71.3 cm³/mol. The molecule has 1 heterocycles.